The molecule has 1 atom stereocenters. The van der Waals surface area contributed by atoms with E-state index in [9.17, 15) is 27.6 Å². The number of amides is 4. The first-order valence-electron chi connectivity index (χ1n) is 9.46. The summed E-state index contributed by atoms with van der Waals surface area (Å²) in [5, 5.41) is 7.26. The van der Waals surface area contributed by atoms with E-state index in [1.165, 1.54) is 12.1 Å². The number of aryl methyl sites for hydroxylation is 1. The number of pyridine rings is 1. The average Bonchev–Trinajstić information content (AvgIpc) is 3.34. The van der Waals surface area contributed by atoms with Gasteiger partial charge in [-0.3, -0.25) is 19.9 Å². The molecule has 0 aliphatic carbocycles. The van der Waals surface area contributed by atoms with Crippen molar-refractivity contribution in [3.8, 4) is 11.1 Å². The molecular formula is C20H15F3N6O3S. The van der Waals surface area contributed by atoms with Crippen LogP contribution in [0.25, 0.3) is 11.1 Å². The van der Waals surface area contributed by atoms with E-state index in [0.29, 0.717) is 16.8 Å². The van der Waals surface area contributed by atoms with E-state index in [-0.39, 0.29) is 17.8 Å². The van der Waals surface area contributed by atoms with Crippen LogP contribution >= 0.6 is 11.7 Å². The molecule has 170 valence electrons. The summed E-state index contributed by atoms with van der Waals surface area (Å²) in [4.78, 5) is 40.9. The monoisotopic (exact) mass is 476 g/mol. The van der Waals surface area contributed by atoms with Crippen molar-refractivity contribution in [3.63, 3.8) is 0 Å². The standard InChI is InChI=1S/C20H15F3N6O3S/c1-10-15(29-33-28-10)19(17(31)26-18(32)27-19)9-25-16(30)13-5-3-2-4-12(13)11-6-7-14(24-8-11)20(21,22)23/h2-8H,9H2,1H3,(H,25,30)(H2,26,27,31,32)/t19-/m1/s1. The minimum atomic E-state index is -4.58. The molecule has 3 heterocycles. The molecule has 1 fully saturated rings. The number of urea groups is 1. The topological polar surface area (TPSA) is 126 Å². The summed E-state index contributed by atoms with van der Waals surface area (Å²) < 4.78 is 46.6. The summed E-state index contributed by atoms with van der Waals surface area (Å²) in [5.41, 5.74) is -1.28. The molecule has 3 N–H and O–H groups in total. The van der Waals surface area contributed by atoms with Crippen molar-refractivity contribution in [2.75, 3.05) is 6.54 Å². The van der Waals surface area contributed by atoms with E-state index < -0.39 is 35.3 Å². The number of halogens is 3. The molecule has 0 spiro atoms. The molecule has 0 bridgehead atoms. The lowest BCUT2D eigenvalue weighted by Crippen LogP contribution is -2.53. The molecule has 0 saturated carbocycles. The van der Waals surface area contributed by atoms with Gasteiger partial charge in [0.2, 0.25) is 0 Å². The number of hydrogen-bond acceptors (Lipinski definition) is 7. The molecule has 1 aliphatic heterocycles. The highest BCUT2D eigenvalue weighted by molar-refractivity contribution is 6.99. The largest absolute Gasteiger partial charge is 0.433 e. The van der Waals surface area contributed by atoms with E-state index in [0.717, 1.165) is 24.0 Å². The van der Waals surface area contributed by atoms with Crippen LogP contribution in [0.15, 0.2) is 42.6 Å². The van der Waals surface area contributed by atoms with Crippen LogP contribution in [0.3, 0.4) is 0 Å². The third kappa shape index (κ3) is 4.14. The Bertz CT molecular complexity index is 1240. The Morgan fingerprint density at radius 3 is 2.48 bits per heavy atom. The number of carbonyl (C=O) groups excluding carboxylic acids is 3. The fraction of sp³-hybridized carbons (Fsp3) is 0.200. The summed E-state index contributed by atoms with van der Waals surface area (Å²) >= 11 is 0.857. The first-order valence-corrected chi connectivity index (χ1v) is 10.2. The van der Waals surface area contributed by atoms with E-state index in [4.69, 9.17) is 0 Å². The maximum absolute atomic E-state index is 13.0. The maximum atomic E-state index is 13.0. The van der Waals surface area contributed by atoms with Gasteiger partial charge in [0, 0.05) is 17.3 Å². The lowest BCUT2D eigenvalue weighted by molar-refractivity contribution is -0.141. The Labute approximate surface area is 188 Å². The highest BCUT2D eigenvalue weighted by Gasteiger charge is 2.51. The van der Waals surface area contributed by atoms with Crippen LogP contribution in [-0.2, 0) is 16.5 Å². The Morgan fingerprint density at radius 2 is 1.91 bits per heavy atom. The molecule has 13 heteroatoms. The van der Waals surface area contributed by atoms with Gasteiger partial charge in [-0.2, -0.15) is 21.9 Å². The number of hydrogen-bond donors (Lipinski definition) is 3. The summed E-state index contributed by atoms with van der Waals surface area (Å²) in [6, 6.07) is 7.57. The van der Waals surface area contributed by atoms with E-state index in [2.05, 4.69) is 29.7 Å². The predicted molar refractivity (Wildman–Crippen MR) is 110 cm³/mol. The SMILES string of the molecule is Cc1nsnc1[C@@]1(CNC(=O)c2ccccc2-c2ccc(C(F)(F)F)nc2)NC(=O)NC1=O. The van der Waals surface area contributed by atoms with Crippen molar-refractivity contribution >= 4 is 29.6 Å². The number of rotatable bonds is 5. The molecule has 0 radical (unpaired) electrons. The van der Waals surface area contributed by atoms with Crippen LogP contribution in [-0.4, -0.2) is 38.1 Å². The third-order valence-electron chi connectivity index (χ3n) is 5.05. The Hall–Kier alpha value is -3.87. The van der Waals surface area contributed by atoms with Crippen LogP contribution in [0, 0.1) is 6.92 Å². The van der Waals surface area contributed by atoms with Gasteiger partial charge in [-0.05, 0) is 24.6 Å². The summed E-state index contributed by atoms with van der Waals surface area (Å²) in [6.45, 7) is 1.29. The number of benzene rings is 1. The Balaban J connectivity index is 1.61. The van der Waals surface area contributed by atoms with Crippen molar-refractivity contribution in [2.45, 2.75) is 18.6 Å². The number of aromatic nitrogens is 3. The lowest BCUT2D eigenvalue weighted by atomic mass is 9.93. The number of nitrogens with one attached hydrogen (secondary N) is 3. The zero-order valence-electron chi connectivity index (χ0n) is 16.9. The molecule has 1 saturated heterocycles. The van der Waals surface area contributed by atoms with Crippen molar-refractivity contribution < 1.29 is 27.6 Å². The van der Waals surface area contributed by atoms with Gasteiger partial charge >= 0.3 is 12.2 Å². The average molecular weight is 476 g/mol. The molecule has 4 amide bonds. The van der Waals surface area contributed by atoms with Gasteiger partial charge in [0.25, 0.3) is 11.8 Å². The van der Waals surface area contributed by atoms with Gasteiger partial charge in [-0.25, -0.2) is 4.79 Å². The van der Waals surface area contributed by atoms with Crippen LogP contribution in [0.5, 0.6) is 0 Å². The van der Waals surface area contributed by atoms with Crippen LogP contribution in [0.4, 0.5) is 18.0 Å². The smallest absolute Gasteiger partial charge is 0.349 e. The maximum Gasteiger partial charge on any atom is 0.433 e. The molecule has 1 aromatic carbocycles. The van der Waals surface area contributed by atoms with Crippen LogP contribution < -0.4 is 16.0 Å². The first-order chi connectivity index (χ1) is 15.6. The highest BCUT2D eigenvalue weighted by atomic mass is 32.1. The molecule has 3 aromatic rings. The second-order valence-electron chi connectivity index (χ2n) is 7.17. The van der Waals surface area contributed by atoms with Gasteiger partial charge in [-0.1, -0.05) is 24.3 Å². The zero-order chi connectivity index (χ0) is 23.8. The van der Waals surface area contributed by atoms with Crippen molar-refractivity contribution in [1.29, 1.82) is 0 Å². The normalized spacial score (nSPS) is 18.1. The van der Waals surface area contributed by atoms with E-state index in [1.807, 2.05) is 0 Å². The first kappa shape index (κ1) is 22.3. The van der Waals surface area contributed by atoms with Crippen molar-refractivity contribution in [3.05, 3.63) is 65.2 Å². The molecule has 4 rings (SSSR count). The quantitative estimate of drug-likeness (QED) is 0.486. The van der Waals surface area contributed by atoms with Crippen molar-refractivity contribution in [1.82, 2.24) is 29.7 Å². The molecule has 9 nitrogen and oxygen atoms in total. The molecule has 0 unspecified atom stereocenters. The van der Waals surface area contributed by atoms with Gasteiger partial charge in [-0.15, -0.1) is 0 Å². The van der Waals surface area contributed by atoms with Crippen LogP contribution in [0.2, 0.25) is 0 Å². The van der Waals surface area contributed by atoms with E-state index >= 15 is 0 Å². The zero-order valence-corrected chi connectivity index (χ0v) is 17.7. The molecule has 2 aromatic heterocycles. The lowest BCUT2D eigenvalue weighted by Gasteiger charge is -2.25. The second-order valence-corrected chi connectivity index (χ2v) is 7.70. The van der Waals surface area contributed by atoms with Crippen molar-refractivity contribution in [2.24, 2.45) is 0 Å². The fourth-order valence-corrected chi connectivity index (χ4v) is 4.07. The second kappa shape index (κ2) is 8.24. The summed E-state index contributed by atoms with van der Waals surface area (Å²) in [6.07, 6.45) is -3.55. The highest BCUT2D eigenvalue weighted by Crippen LogP contribution is 2.30. The Morgan fingerprint density at radius 1 is 1.15 bits per heavy atom. The summed E-state index contributed by atoms with van der Waals surface area (Å²) in [5.74, 6) is -1.30. The minimum Gasteiger partial charge on any atom is -0.349 e. The number of carbonyl (C=O) groups is 3. The van der Waals surface area contributed by atoms with Gasteiger partial charge in [0.1, 0.15) is 11.4 Å². The van der Waals surface area contributed by atoms with Crippen LogP contribution in [0.1, 0.15) is 27.4 Å². The Kier molecular flexibility index (Phi) is 5.57. The van der Waals surface area contributed by atoms with Gasteiger partial charge in [0.05, 0.1) is 24.0 Å². The minimum absolute atomic E-state index is 0.145. The summed E-state index contributed by atoms with van der Waals surface area (Å²) in [7, 11) is 0. The number of imide groups is 1. The fourth-order valence-electron chi connectivity index (χ4n) is 3.45. The molecular weight excluding hydrogens is 461 g/mol. The van der Waals surface area contributed by atoms with Gasteiger partial charge < -0.3 is 10.6 Å². The predicted octanol–water partition coefficient (Wildman–Crippen LogP) is 2.39. The number of alkyl halides is 3. The third-order valence-corrected chi connectivity index (χ3v) is 5.67. The number of nitrogens with zero attached hydrogens (tertiary/aromatic N) is 3. The van der Waals surface area contributed by atoms with E-state index in [1.54, 1.807) is 25.1 Å². The van der Waals surface area contributed by atoms with Gasteiger partial charge in [0.15, 0.2) is 5.54 Å². The molecule has 1 aliphatic rings. The molecule has 33 heavy (non-hydrogen) atoms.